The topological polar surface area (TPSA) is 88.1 Å². The maximum atomic E-state index is 12.9. The highest BCUT2D eigenvalue weighted by Gasteiger charge is 2.49. The lowest BCUT2D eigenvalue weighted by Crippen LogP contribution is -2.44. The molecular weight excluding hydrogens is 396 g/mol. The molecule has 1 aromatic rings. The molecule has 0 unspecified atom stereocenters. The summed E-state index contributed by atoms with van der Waals surface area (Å²) in [4.78, 5) is 19.4. The second-order valence-electron chi connectivity index (χ2n) is 6.46. The van der Waals surface area contributed by atoms with Gasteiger partial charge >= 0.3 is 0 Å². The number of hydrogen-bond acceptors (Lipinski definition) is 4. The van der Waals surface area contributed by atoms with Crippen LogP contribution >= 0.6 is 23.8 Å². The third-order valence-electron chi connectivity index (χ3n) is 4.19. The van der Waals surface area contributed by atoms with Crippen LogP contribution in [0.5, 0.6) is 0 Å². The minimum Gasteiger partial charge on any atom is -0.334 e. The Bertz CT molecular complexity index is 893. The van der Waals surface area contributed by atoms with Crippen LogP contribution < -0.4 is 10.0 Å². The second-order valence-corrected chi connectivity index (χ2v) is 8.96. The molecule has 1 aliphatic heterocycles. The van der Waals surface area contributed by atoms with E-state index >= 15 is 0 Å². The van der Waals surface area contributed by atoms with Crippen LogP contribution in [0.1, 0.15) is 26.7 Å². The zero-order valence-electron chi connectivity index (χ0n) is 14.4. The summed E-state index contributed by atoms with van der Waals surface area (Å²) < 4.78 is 22.1. The maximum absolute atomic E-state index is 12.9. The molecule has 140 valence electrons. The van der Waals surface area contributed by atoms with Crippen molar-refractivity contribution in [3.8, 4) is 0 Å². The Morgan fingerprint density at radius 3 is 2.54 bits per heavy atom. The highest BCUT2D eigenvalue weighted by Crippen LogP contribution is 2.36. The van der Waals surface area contributed by atoms with Crippen LogP contribution in [0.15, 0.2) is 18.2 Å². The molecule has 1 fully saturated rings. The van der Waals surface area contributed by atoms with E-state index in [2.05, 4.69) is 4.85 Å². The van der Waals surface area contributed by atoms with Crippen molar-refractivity contribution in [2.45, 2.75) is 32.2 Å². The lowest BCUT2D eigenvalue weighted by Gasteiger charge is -2.29. The number of rotatable bonds is 6. The van der Waals surface area contributed by atoms with Crippen LogP contribution in [0.2, 0.25) is 5.02 Å². The summed E-state index contributed by atoms with van der Waals surface area (Å²) in [6.07, 6.45) is 0.909. The van der Waals surface area contributed by atoms with Crippen molar-refractivity contribution in [2.24, 2.45) is 5.14 Å². The third-order valence-corrected chi connectivity index (χ3v) is 5.76. The van der Waals surface area contributed by atoms with Crippen LogP contribution in [0.4, 0.5) is 11.4 Å². The van der Waals surface area contributed by atoms with Gasteiger partial charge in [0.25, 0.3) is 5.91 Å². The predicted octanol–water partition coefficient (Wildman–Crippen LogP) is 2.67. The van der Waals surface area contributed by atoms with Crippen molar-refractivity contribution in [1.82, 2.24) is 4.90 Å². The van der Waals surface area contributed by atoms with Gasteiger partial charge in [-0.3, -0.25) is 9.69 Å². The quantitative estimate of drug-likeness (QED) is 0.439. The Labute approximate surface area is 163 Å². The monoisotopic (exact) mass is 414 g/mol. The van der Waals surface area contributed by atoms with Gasteiger partial charge in [-0.25, -0.2) is 18.4 Å². The number of nitrogens with two attached hydrogens (primary N) is 1. The summed E-state index contributed by atoms with van der Waals surface area (Å²) in [5.41, 5.74) is -0.0755. The molecule has 1 amide bonds. The van der Waals surface area contributed by atoms with Crippen molar-refractivity contribution in [3.05, 3.63) is 34.6 Å². The van der Waals surface area contributed by atoms with Gasteiger partial charge < -0.3 is 4.90 Å². The largest absolute Gasteiger partial charge is 0.334 e. The average Bonchev–Trinajstić information content (AvgIpc) is 2.69. The van der Waals surface area contributed by atoms with Gasteiger partial charge in [0, 0.05) is 11.6 Å². The van der Waals surface area contributed by atoms with Crippen molar-refractivity contribution < 1.29 is 13.2 Å². The van der Waals surface area contributed by atoms with Gasteiger partial charge in [0.05, 0.1) is 18.0 Å². The molecule has 0 aromatic heterocycles. The highest BCUT2D eigenvalue weighted by molar-refractivity contribution is 7.89. The molecule has 0 bridgehead atoms. The number of primary sulfonamides is 1. The number of carbonyl (C=O) groups excluding carboxylic acids is 1. The number of amides is 1. The van der Waals surface area contributed by atoms with Gasteiger partial charge in [-0.2, -0.15) is 0 Å². The average molecular weight is 415 g/mol. The van der Waals surface area contributed by atoms with E-state index in [0.29, 0.717) is 35.9 Å². The molecule has 1 aliphatic rings. The third kappa shape index (κ3) is 4.15. The Kier molecular flexibility index (Phi) is 5.92. The van der Waals surface area contributed by atoms with Crippen molar-refractivity contribution in [3.63, 3.8) is 0 Å². The fraction of sp³-hybridized carbons (Fsp3) is 0.438. The molecule has 7 nitrogen and oxygen atoms in total. The van der Waals surface area contributed by atoms with Crippen molar-refractivity contribution >= 4 is 56.2 Å². The summed E-state index contributed by atoms with van der Waals surface area (Å²) in [5.74, 6) is -0.320. The number of hydrogen-bond donors (Lipinski definition) is 1. The van der Waals surface area contributed by atoms with E-state index in [1.54, 1.807) is 36.9 Å². The maximum Gasteiger partial charge on any atom is 0.258 e. The molecule has 0 spiro atoms. The van der Waals surface area contributed by atoms with Crippen molar-refractivity contribution in [2.75, 3.05) is 17.2 Å². The van der Waals surface area contributed by atoms with Gasteiger partial charge in [0.1, 0.15) is 5.54 Å². The minimum absolute atomic E-state index is 0.112. The first-order valence-corrected chi connectivity index (χ1v) is 10.3. The molecular formula is C16H19ClN4O3S2. The molecule has 1 heterocycles. The molecule has 1 saturated heterocycles. The number of sulfonamides is 1. The van der Waals surface area contributed by atoms with Crippen LogP contribution in [-0.2, 0) is 14.8 Å². The fourth-order valence-electron chi connectivity index (χ4n) is 2.74. The standard InChI is InChI=1S/C16H19ClN4O3S2/c1-16(2)14(22)21(11-6-7-13(19-3)12(17)10-11)15(25)20(16)8-4-5-9-26(18,23)24/h6-7,10H,4-5,8-9H2,1-2H3,(H2,18,23,24). The fourth-order valence-corrected chi connectivity index (χ4v) is 4.07. The Morgan fingerprint density at radius 2 is 2.00 bits per heavy atom. The zero-order chi connectivity index (χ0) is 19.7. The van der Waals surface area contributed by atoms with E-state index < -0.39 is 15.6 Å². The molecule has 1 aromatic carbocycles. The molecule has 0 radical (unpaired) electrons. The van der Waals surface area contributed by atoms with Gasteiger partial charge in [-0.05, 0) is 51.0 Å². The number of anilines is 1. The van der Waals surface area contributed by atoms with Crippen LogP contribution in [0.3, 0.4) is 0 Å². The van der Waals surface area contributed by atoms with Crippen LogP contribution in [0, 0.1) is 6.57 Å². The smallest absolute Gasteiger partial charge is 0.258 e. The molecule has 0 aliphatic carbocycles. The van der Waals surface area contributed by atoms with E-state index in [1.807, 2.05) is 0 Å². The molecule has 2 N–H and O–H groups in total. The molecule has 2 rings (SSSR count). The van der Waals surface area contributed by atoms with Gasteiger partial charge in [0.2, 0.25) is 15.7 Å². The Hall–Kier alpha value is -1.73. The summed E-state index contributed by atoms with van der Waals surface area (Å²) >= 11 is 11.6. The van der Waals surface area contributed by atoms with Gasteiger partial charge in [-0.1, -0.05) is 17.7 Å². The SMILES string of the molecule is [C-]#[N+]c1ccc(N2C(=O)C(C)(C)N(CCCCS(N)(=O)=O)C2=S)cc1Cl. The number of thiocarbonyl (C=S) groups is 1. The number of carbonyl (C=O) groups is 1. The summed E-state index contributed by atoms with van der Waals surface area (Å²) in [6.45, 7) is 11.0. The molecule has 0 atom stereocenters. The Balaban J connectivity index is 2.21. The van der Waals surface area contributed by atoms with Crippen molar-refractivity contribution in [1.29, 1.82) is 0 Å². The van der Waals surface area contributed by atoms with Gasteiger partial charge in [0.15, 0.2) is 5.11 Å². The number of benzene rings is 1. The highest BCUT2D eigenvalue weighted by atomic mass is 35.5. The molecule has 26 heavy (non-hydrogen) atoms. The number of halogens is 1. The molecule has 10 heteroatoms. The first-order valence-electron chi connectivity index (χ1n) is 7.82. The number of unbranched alkanes of at least 4 members (excludes halogenated alkanes) is 1. The Morgan fingerprint density at radius 1 is 1.35 bits per heavy atom. The van der Waals surface area contributed by atoms with Gasteiger partial charge in [-0.15, -0.1) is 0 Å². The van der Waals surface area contributed by atoms with E-state index in [4.69, 9.17) is 35.5 Å². The summed E-state index contributed by atoms with van der Waals surface area (Å²) in [6, 6.07) is 4.71. The number of nitrogens with zero attached hydrogens (tertiary/aromatic N) is 3. The normalized spacial score (nSPS) is 16.9. The predicted molar refractivity (Wildman–Crippen MR) is 106 cm³/mol. The van der Waals surface area contributed by atoms with Crippen LogP contribution in [-0.4, -0.2) is 42.2 Å². The minimum atomic E-state index is -3.51. The lowest BCUT2D eigenvalue weighted by molar-refractivity contribution is -0.123. The summed E-state index contributed by atoms with van der Waals surface area (Å²) in [7, 11) is -3.51. The second kappa shape index (κ2) is 7.48. The zero-order valence-corrected chi connectivity index (χ0v) is 16.8. The molecule has 0 saturated carbocycles. The van der Waals surface area contributed by atoms with E-state index in [0.717, 1.165) is 0 Å². The first-order chi connectivity index (χ1) is 12.0. The van der Waals surface area contributed by atoms with Crippen LogP contribution in [0.25, 0.3) is 4.85 Å². The lowest BCUT2D eigenvalue weighted by atomic mass is 10.0. The first kappa shape index (κ1) is 20.6. The summed E-state index contributed by atoms with van der Waals surface area (Å²) in [5, 5.41) is 5.57. The van der Waals surface area contributed by atoms with E-state index in [9.17, 15) is 13.2 Å². The van der Waals surface area contributed by atoms with E-state index in [1.165, 1.54) is 4.90 Å². The van der Waals surface area contributed by atoms with E-state index in [-0.39, 0.29) is 16.7 Å².